The van der Waals surface area contributed by atoms with E-state index in [-0.39, 0.29) is 0 Å². The van der Waals surface area contributed by atoms with Crippen LogP contribution in [0.15, 0.2) is 41.0 Å². The van der Waals surface area contributed by atoms with Gasteiger partial charge in [-0.25, -0.2) is 4.98 Å². The first-order valence-electron chi connectivity index (χ1n) is 8.83. The summed E-state index contributed by atoms with van der Waals surface area (Å²) < 4.78 is 3.21. The standard InChI is InChI=1S/C20H21BrClN3/c1-13-11-14(21)12-25-19(13)24-18(16-9-5-6-10-17(16)22)20(25)23-15-7-3-2-4-8-15/h5-6,9-12,15,23H,2-4,7-8H2,1H3. The number of hydrogen-bond acceptors (Lipinski definition) is 2. The largest absolute Gasteiger partial charge is 0.367 e. The summed E-state index contributed by atoms with van der Waals surface area (Å²) in [5.74, 6) is 1.04. The highest BCUT2D eigenvalue weighted by atomic mass is 79.9. The molecular weight excluding hydrogens is 398 g/mol. The lowest BCUT2D eigenvalue weighted by molar-refractivity contribution is 0.461. The number of nitrogens with one attached hydrogen (secondary N) is 1. The van der Waals surface area contributed by atoms with E-state index < -0.39 is 0 Å². The van der Waals surface area contributed by atoms with Crippen LogP contribution in [-0.4, -0.2) is 15.4 Å². The number of halogens is 2. The van der Waals surface area contributed by atoms with Crippen molar-refractivity contribution in [3.8, 4) is 11.3 Å². The van der Waals surface area contributed by atoms with Crippen molar-refractivity contribution in [1.29, 1.82) is 0 Å². The lowest BCUT2D eigenvalue weighted by Gasteiger charge is -2.24. The molecule has 3 aromatic rings. The number of hydrogen-bond donors (Lipinski definition) is 1. The van der Waals surface area contributed by atoms with Gasteiger partial charge in [-0.3, -0.25) is 4.40 Å². The van der Waals surface area contributed by atoms with E-state index in [1.54, 1.807) is 0 Å². The molecule has 25 heavy (non-hydrogen) atoms. The molecule has 0 amide bonds. The van der Waals surface area contributed by atoms with E-state index >= 15 is 0 Å². The van der Waals surface area contributed by atoms with Gasteiger partial charge in [0.1, 0.15) is 17.2 Å². The molecular formula is C20H21BrClN3. The topological polar surface area (TPSA) is 29.3 Å². The number of anilines is 1. The molecule has 1 aliphatic rings. The van der Waals surface area contributed by atoms with Crippen LogP contribution in [0.5, 0.6) is 0 Å². The molecule has 2 aromatic heterocycles. The Hall–Kier alpha value is -1.52. The second-order valence-corrected chi connectivity index (χ2v) is 8.13. The Morgan fingerprint density at radius 2 is 1.96 bits per heavy atom. The molecule has 0 radical (unpaired) electrons. The Morgan fingerprint density at radius 3 is 2.72 bits per heavy atom. The molecule has 2 heterocycles. The number of aryl methyl sites for hydroxylation is 1. The summed E-state index contributed by atoms with van der Waals surface area (Å²) in [5, 5.41) is 4.50. The zero-order valence-corrected chi connectivity index (χ0v) is 16.6. The minimum Gasteiger partial charge on any atom is -0.367 e. The van der Waals surface area contributed by atoms with Gasteiger partial charge < -0.3 is 5.32 Å². The number of rotatable bonds is 3. The highest BCUT2D eigenvalue weighted by molar-refractivity contribution is 9.10. The summed E-state index contributed by atoms with van der Waals surface area (Å²) in [7, 11) is 0. The van der Waals surface area contributed by atoms with E-state index in [9.17, 15) is 0 Å². The fourth-order valence-electron chi connectivity index (χ4n) is 3.69. The number of fused-ring (bicyclic) bond motifs is 1. The van der Waals surface area contributed by atoms with Crippen molar-refractivity contribution in [3.05, 3.63) is 51.6 Å². The second-order valence-electron chi connectivity index (χ2n) is 6.80. The first-order chi connectivity index (χ1) is 12.1. The Kier molecular flexibility index (Phi) is 4.74. The van der Waals surface area contributed by atoms with Gasteiger partial charge in [-0.1, -0.05) is 49.1 Å². The van der Waals surface area contributed by atoms with Gasteiger partial charge in [-0.05, 0) is 53.4 Å². The van der Waals surface area contributed by atoms with Crippen molar-refractivity contribution < 1.29 is 0 Å². The van der Waals surface area contributed by atoms with Gasteiger partial charge in [-0.2, -0.15) is 0 Å². The van der Waals surface area contributed by atoms with Crippen molar-refractivity contribution >= 4 is 39.0 Å². The zero-order chi connectivity index (χ0) is 17.4. The molecule has 1 aromatic carbocycles. The van der Waals surface area contributed by atoms with Gasteiger partial charge in [0.15, 0.2) is 0 Å². The van der Waals surface area contributed by atoms with E-state index in [1.807, 2.05) is 24.3 Å². The number of nitrogens with zero attached hydrogens (tertiary/aromatic N) is 2. The predicted molar refractivity (Wildman–Crippen MR) is 109 cm³/mol. The summed E-state index contributed by atoms with van der Waals surface area (Å²) in [6, 6.07) is 10.5. The summed E-state index contributed by atoms with van der Waals surface area (Å²) in [6.45, 7) is 2.09. The van der Waals surface area contributed by atoms with Gasteiger partial charge in [0.05, 0.1) is 5.02 Å². The normalized spacial score (nSPS) is 15.6. The maximum atomic E-state index is 6.49. The highest BCUT2D eigenvalue weighted by Crippen LogP contribution is 2.36. The lowest BCUT2D eigenvalue weighted by Crippen LogP contribution is -2.23. The highest BCUT2D eigenvalue weighted by Gasteiger charge is 2.21. The summed E-state index contributed by atoms with van der Waals surface area (Å²) >= 11 is 10.1. The molecule has 0 saturated heterocycles. The fourth-order valence-corrected chi connectivity index (χ4v) is 4.46. The molecule has 3 nitrogen and oxygen atoms in total. The molecule has 0 aliphatic heterocycles. The van der Waals surface area contributed by atoms with Gasteiger partial charge >= 0.3 is 0 Å². The van der Waals surface area contributed by atoms with Crippen LogP contribution in [0.4, 0.5) is 5.82 Å². The third-order valence-electron chi connectivity index (χ3n) is 4.95. The molecule has 1 fully saturated rings. The van der Waals surface area contributed by atoms with Gasteiger partial charge in [-0.15, -0.1) is 0 Å². The summed E-state index contributed by atoms with van der Waals surface area (Å²) in [4.78, 5) is 4.95. The number of imidazole rings is 1. The van der Waals surface area contributed by atoms with Crippen molar-refractivity contribution in [2.24, 2.45) is 0 Å². The maximum absolute atomic E-state index is 6.49. The quantitative estimate of drug-likeness (QED) is 0.528. The average Bonchev–Trinajstić information content (AvgIpc) is 2.95. The van der Waals surface area contributed by atoms with Crippen LogP contribution >= 0.6 is 27.5 Å². The van der Waals surface area contributed by atoms with Crippen LogP contribution in [-0.2, 0) is 0 Å². The third kappa shape index (κ3) is 3.30. The number of pyridine rings is 1. The van der Waals surface area contributed by atoms with Crippen molar-refractivity contribution in [3.63, 3.8) is 0 Å². The minimum atomic E-state index is 0.495. The molecule has 5 heteroatoms. The fraction of sp³-hybridized carbons (Fsp3) is 0.350. The molecule has 1 aliphatic carbocycles. The predicted octanol–water partition coefficient (Wildman–Crippen LogP) is 6.47. The van der Waals surface area contributed by atoms with E-state index in [0.29, 0.717) is 6.04 Å². The SMILES string of the molecule is Cc1cc(Br)cn2c(NC3CCCCC3)c(-c3ccccc3Cl)nc12. The van der Waals surface area contributed by atoms with Crippen LogP contribution in [0.2, 0.25) is 5.02 Å². The smallest absolute Gasteiger partial charge is 0.142 e. The van der Waals surface area contributed by atoms with Crippen LogP contribution in [0.1, 0.15) is 37.7 Å². The molecule has 1 saturated carbocycles. The maximum Gasteiger partial charge on any atom is 0.142 e. The molecule has 1 N–H and O–H groups in total. The van der Waals surface area contributed by atoms with E-state index in [4.69, 9.17) is 16.6 Å². The first-order valence-corrected chi connectivity index (χ1v) is 10.0. The van der Waals surface area contributed by atoms with E-state index in [2.05, 4.69) is 44.8 Å². The Labute approximate surface area is 161 Å². The second kappa shape index (κ2) is 7.00. The van der Waals surface area contributed by atoms with Crippen LogP contribution in [0.3, 0.4) is 0 Å². The molecule has 0 unspecified atom stereocenters. The van der Waals surface area contributed by atoms with Crippen LogP contribution in [0.25, 0.3) is 16.9 Å². The molecule has 0 bridgehead atoms. The van der Waals surface area contributed by atoms with E-state index in [1.165, 1.54) is 32.1 Å². The summed E-state index contributed by atoms with van der Waals surface area (Å²) in [5.41, 5.74) is 4.01. The molecule has 0 spiro atoms. The zero-order valence-electron chi connectivity index (χ0n) is 14.2. The van der Waals surface area contributed by atoms with Crippen LogP contribution in [0, 0.1) is 6.92 Å². The summed E-state index contributed by atoms with van der Waals surface area (Å²) in [6.07, 6.45) is 8.43. The van der Waals surface area contributed by atoms with Gasteiger partial charge in [0.2, 0.25) is 0 Å². The number of aromatic nitrogens is 2. The number of benzene rings is 1. The third-order valence-corrected chi connectivity index (χ3v) is 5.71. The van der Waals surface area contributed by atoms with Crippen molar-refractivity contribution in [1.82, 2.24) is 9.38 Å². The first kappa shape index (κ1) is 16.9. The molecule has 4 rings (SSSR count). The Bertz CT molecular complexity index is 913. The van der Waals surface area contributed by atoms with Gasteiger partial charge in [0, 0.05) is 22.3 Å². The Morgan fingerprint density at radius 1 is 1.20 bits per heavy atom. The lowest BCUT2D eigenvalue weighted by atomic mass is 9.95. The van der Waals surface area contributed by atoms with Crippen molar-refractivity contribution in [2.75, 3.05) is 5.32 Å². The molecule has 0 atom stereocenters. The molecule has 130 valence electrons. The van der Waals surface area contributed by atoms with Gasteiger partial charge in [0.25, 0.3) is 0 Å². The van der Waals surface area contributed by atoms with Crippen molar-refractivity contribution in [2.45, 2.75) is 45.1 Å². The minimum absolute atomic E-state index is 0.495. The Balaban J connectivity index is 1.90. The average molecular weight is 419 g/mol. The monoisotopic (exact) mass is 417 g/mol. The van der Waals surface area contributed by atoms with E-state index in [0.717, 1.165) is 37.8 Å². The van der Waals surface area contributed by atoms with Crippen LogP contribution < -0.4 is 5.32 Å².